The monoisotopic (exact) mass is 812 g/mol. The summed E-state index contributed by atoms with van der Waals surface area (Å²) < 4.78 is 15.0. The Labute approximate surface area is 341 Å². The van der Waals surface area contributed by atoms with Gasteiger partial charge in [0.25, 0.3) is 11.8 Å². The number of pyridine rings is 1. The number of carbonyl (C=O) groups is 4. The molecule has 2 aromatic carbocycles. The molecule has 5 fully saturated rings. The first-order chi connectivity index (χ1) is 27.5. The molecule has 1 aromatic heterocycles. The van der Waals surface area contributed by atoms with E-state index in [9.17, 15) is 24.4 Å². The van der Waals surface area contributed by atoms with Crippen LogP contribution in [0.1, 0.15) is 78.1 Å². The number of aromatic nitrogens is 1. The predicted octanol–water partition coefficient (Wildman–Crippen LogP) is 5.25. The lowest BCUT2D eigenvalue weighted by Gasteiger charge is -2.48. The lowest BCUT2D eigenvalue weighted by atomic mass is 9.76. The van der Waals surface area contributed by atoms with Crippen LogP contribution in [-0.2, 0) is 9.59 Å². The standard InChI is InChI=1S/C42H46ClFN8O4S/c1-26-20-42(25-52(26)30-4-2-27(21-45)34(43)18-30)12-16-50(17-13-42)41(56)28-3-9-38(46-22-28)57-32-10-14-49(15-11-32)31-23-51(24-31)29-5-6-33(35(44)19-29)39(54)47-36-7-8-37(53)48-40(36)55/h2-6,9,18-19,22,26,31-32,36H,7-8,10-17,20,23-25H2,1H3,(H,47,54)(H,48,53,55)/t26-,36-/m1/s1. The molecule has 2 atom stereocenters. The Balaban J connectivity index is 0.759. The van der Waals surface area contributed by atoms with Gasteiger partial charge in [0, 0.05) is 74.0 Å². The van der Waals surface area contributed by atoms with Crippen molar-refractivity contribution in [3.63, 3.8) is 0 Å². The molecule has 5 aliphatic rings. The quantitative estimate of drug-likeness (QED) is 0.290. The first kappa shape index (κ1) is 39.1. The minimum atomic E-state index is -0.862. The lowest BCUT2D eigenvalue weighted by Crippen LogP contribution is -2.61. The predicted molar refractivity (Wildman–Crippen MR) is 216 cm³/mol. The van der Waals surface area contributed by atoms with Gasteiger partial charge in [0.15, 0.2) is 0 Å². The topological polar surface area (TPSA) is 142 Å². The number of likely N-dealkylation sites (tertiary alicyclic amines) is 2. The molecule has 15 heteroatoms. The Morgan fingerprint density at radius 2 is 1.77 bits per heavy atom. The molecular formula is C42H46ClFN8O4S. The number of nitrogens with zero attached hydrogens (tertiary/aromatic N) is 6. The number of nitriles is 1. The van der Waals surface area contributed by atoms with E-state index in [0.717, 1.165) is 88.6 Å². The van der Waals surface area contributed by atoms with Crippen LogP contribution in [0.4, 0.5) is 15.8 Å². The highest BCUT2D eigenvalue weighted by Crippen LogP contribution is 2.45. The number of imide groups is 1. The zero-order valence-corrected chi connectivity index (χ0v) is 33.5. The highest BCUT2D eigenvalue weighted by Gasteiger charge is 2.45. The van der Waals surface area contributed by atoms with Crippen LogP contribution < -0.4 is 20.4 Å². The Kier molecular flexibility index (Phi) is 11.2. The molecule has 298 valence electrons. The maximum Gasteiger partial charge on any atom is 0.255 e. The van der Waals surface area contributed by atoms with Gasteiger partial charge in [-0.15, -0.1) is 11.8 Å². The Morgan fingerprint density at radius 1 is 1.02 bits per heavy atom. The minimum absolute atomic E-state index is 0.0347. The van der Waals surface area contributed by atoms with E-state index in [-0.39, 0.29) is 35.6 Å². The van der Waals surface area contributed by atoms with Crippen molar-refractivity contribution in [2.75, 3.05) is 55.6 Å². The molecule has 4 amide bonds. The number of thioether (sulfide) groups is 1. The zero-order valence-electron chi connectivity index (χ0n) is 31.9. The van der Waals surface area contributed by atoms with Crippen LogP contribution in [0.5, 0.6) is 0 Å². The molecule has 5 saturated heterocycles. The van der Waals surface area contributed by atoms with Crippen LogP contribution in [0.15, 0.2) is 59.8 Å². The third kappa shape index (κ3) is 8.33. The molecule has 57 heavy (non-hydrogen) atoms. The first-order valence-corrected chi connectivity index (χ1v) is 21.0. The molecule has 3 aromatic rings. The second-order valence-corrected chi connectivity index (χ2v) is 17.9. The Hall–Kier alpha value is -4.71. The number of halogens is 2. The lowest BCUT2D eigenvalue weighted by molar-refractivity contribution is -0.134. The van der Waals surface area contributed by atoms with Crippen molar-refractivity contribution in [2.24, 2.45) is 5.41 Å². The molecule has 2 N–H and O–H groups in total. The van der Waals surface area contributed by atoms with Crippen molar-refractivity contribution < 1.29 is 23.6 Å². The van der Waals surface area contributed by atoms with Crippen LogP contribution >= 0.6 is 23.4 Å². The van der Waals surface area contributed by atoms with E-state index < -0.39 is 23.7 Å². The maximum atomic E-state index is 15.0. The minimum Gasteiger partial charge on any atom is -0.368 e. The zero-order chi connectivity index (χ0) is 39.8. The fourth-order valence-corrected chi connectivity index (χ4v) is 10.4. The largest absolute Gasteiger partial charge is 0.368 e. The SMILES string of the molecule is C[C@@H]1CC2(CCN(C(=O)c3ccc(SC4CCN(C5CN(c6ccc(C(=O)N[C@@H]7CCC(=O)NC7=O)c(F)c6)C5)CC4)nc3)CC2)CN1c1ccc(C#N)c(Cl)c1. The molecule has 0 bridgehead atoms. The van der Waals surface area contributed by atoms with Crippen LogP contribution in [0.2, 0.25) is 5.02 Å². The van der Waals surface area contributed by atoms with Crippen molar-refractivity contribution in [3.05, 3.63) is 82.3 Å². The molecule has 0 radical (unpaired) electrons. The number of anilines is 2. The summed E-state index contributed by atoms with van der Waals surface area (Å²) in [6, 6.07) is 16.1. The number of benzene rings is 2. The van der Waals surface area contributed by atoms with E-state index in [0.29, 0.717) is 39.2 Å². The fourth-order valence-electron chi connectivity index (χ4n) is 9.12. The van der Waals surface area contributed by atoms with Crippen molar-refractivity contribution >= 4 is 58.4 Å². The van der Waals surface area contributed by atoms with Crippen molar-refractivity contribution in [2.45, 2.75) is 80.3 Å². The van der Waals surface area contributed by atoms with Gasteiger partial charge in [-0.1, -0.05) is 11.6 Å². The van der Waals surface area contributed by atoms with Gasteiger partial charge in [-0.25, -0.2) is 9.37 Å². The second kappa shape index (κ2) is 16.3. The number of carbonyl (C=O) groups excluding carboxylic acids is 4. The summed E-state index contributed by atoms with van der Waals surface area (Å²) in [7, 11) is 0. The number of hydrogen-bond donors (Lipinski definition) is 2. The fraction of sp³-hybridized carbons (Fsp3) is 0.476. The Bertz CT molecular complexity index is 2090. The third-order valence-corrected chi connectivity index (χ3v) is 14.1. The average Bonchev–Trinajstić information content (AvgIpc) is 3.51. The summed E-state index contributed by atoms with van der Waals surface area (Å²) in [6.07, 6.45) is 7.05. The third-order valence-electron chi connectivity index (χ3n) is 12.5. The molecule has 6 heterocycles. The van der Waals surface area contributed by atoms with Gasteiger partial charge in [-0.3, -0.25) is 29.4 Å². The number of nitrogens with one attached hydrogen (secondary N) is 2. The van der Waals surface area contributed by atoms with Crippen LogP contribution in [-0.4, -0.2) is 108 Å². The van der Waals surface area contributed by atoms with Gasteiger partial charge in [0.2, 0.25) is 11.8 Å². The number of hydrogen-bond acceptors (Lipinski definition) is 10. The second-order valence-electron chi connectivity index (χ2n) is 16.2. The Morgan fingerprint density at radius 3 is 2.44 bits per heavy atom. The molecular weight excluding hydrogens is 767 g/mol. The van der Waals surface area contributed by atoms with Gasteiger partial charge < -0.3 is 20.0 Å². The average molecular weight is 813 g/mol. The van der Waals surface area contributed by atoms with Crippen LogP contribution in [0.25, 0.3) is 0 Å². The number of rotatable bonds is 8. The van der Waals surface area contributed by atoms with E-state index in [1.165, 1.54) is 12.1 Å². The normalized spacial score (nSPS) is 22.9. The molecule has 12 nitrogen and oxygen atoms in total. The highest BCUT2D eigenvalue weighted by molar-refractivity contribution is 7.99. The van der Waals surface area contributed by atoms with E-state index in [4.69, 9.17) is 11.6 Å². The highest BCUT2D eigenvalue weighted by atomic mass is 35.5. The summed E-state index contributed by atoms with van der Waals surface area (Å²) in [4.78, 5) is 63.2. The molecule has 5 aliphatic heterocycles. The van der Waals surface area contributed by atoms with E-state index in [2.05, 4.69) is 43.3 Å². The van der Waals surface area contributed by atoms with E-state index >= 15 is 4.39 Å². The van der Waals surface area contributed by atoms with E-state index in [1.54, 1.807) is 30.1 Å². The van der Waals surface area contributed by atoms with E-state index in [1.807, 2.05) is 29.2 Å². The van der Waals surface area contributed by atoms with Crippen molar-refractivity contribution in [3.8, 4) is 6.07 Å². The number of piperidine rings is 3. The van der Waals surface area contributed by atoms with Gasteiger partial charge >= 0.3 is 0 Å². The van der Waals surface area contributed by atoms with Gasteiger partial charge in [0.1, 0.15) is 17.9 Å². The molecule has 0 saturated carbocycles. The first-order valence-electron chi connectivity index (χ1n) is 19.8. The molecule has 0 unspecified atom stereocenters. The summed E-state index contributed by atoms with van der Waals surface area (Å²) in [5.41, 5.74) is 2.88. The van der Waals surface area contributed by atoms with Gasteiger partial charge in [-0.05, 0) is 112 Å². The van der Waals surface area contributed by atoms with Crippen LogP contribution in [0, 0.1) is 22.6 Å². The molecule has 0 aliphatic carbocycles. The summed E-state index contributed by atoms with van der Waals surface area (Å²) in [6.45, 7) is 8.08. The van der Waals surface area contributed by atoms with Crippen molar-refractivity contribution in [1.82, 2.24) is 25.4 Å². The maximum absolute atomic E-state index is 15.0. The molecule has 1 spiro atoms. The number of amides is 4. The van der Waals surface area contributed by atoms with Crippen LogP contribution in [0.3, 0.4) is 0 Å². The summed E-state index contributed by atoms with van der Waals surface area (Å²) >= 11 is 8.12. The van der Waals surface area contributed by atoms with Crippen molar-refractivity contribution in [1.29, 1.82) is 5.26 Å². The summed E-state index contributed by atoms with van der Waals surface area (Å²) in [5.74, 6) is -2.25. The van der Waals surface area contributed by atoms with Gasteiger partial charge in [0.05, 0.1) is 26.7 Å². The smallest absolute Gasteiger partial charge is 0.255 e. The van der Waals surface area contributed by atoms with Gasteiger partial charge in [-0.2, -0.15) is 5.26 Å². The molecule has 8 rings (SSSR count). The summed E-state index contributed by atoms with van der Waals surface area (Å²) in [5, 5.41) is 15.8.